The lowest BCUT2D eigenvalue weighted by atomic mass is 10.1. The van der Waals surface area contributed by atoms with Crippen LogP contribution in [0.3, 0.4) is 0 Å². The maximum absolute atomic E-state index is 11.6. The number of ether oxygens (including phenoxy) is 1. The van der Waals surface area contributed by atoms with Gasteiger partial charge in [-0.1, -0.05) is 18.2 Å². The lowest BCUT2D eigenvalue weighted by Crippen LogP contribution is -2.38. The van der Waals surface area contributed by atoms with Gasteiger partial charge in [-0.2, -0.15) is 0 Å². The number of amides is 1. The van der Waals surface area contributed by atoms with Crippen LogP contribution in [0.5, 0.6) is 5.75 Å². The second kappa shape index (κ2) is 8.26. The molecule has 0 saturated carbocycles. The average Bonchev–Trinajstić information content (AvgIpc) is 2.36. The number of carbonyl (C=O) groups is 2. The summed E-state index contributed by atoms with van der Waals surface area (Å²) in [6, 6.07) is 5.92. The Morgan fingerprint density at radius 2 is 1.86 bits per heavy atom. The molecular formula is C15H22N2O4. The largest absolute Gasteiger partial charge is 0.491 e. The predicted molar refractivity (Wildman–Crippen MR) is 79.6 cm³/mol. The van der Waals surface area contributed by atoms with Crippen LogP contribution in [0.4, 0.5) is 0 Å². The molecule has 1 aromatic rings. The van der Waals surface area contributed by atoms with Gasteiger partial charge >= 0.3 is 5.97 Å². The first-order chi connectivity index (χ1) is 9.90. The minimum absolute atomic E-state index is 0.0513. The second-order valence-electron chi connectivity index (χ2n) is 4.99. The van der Waals surface area contributed by atoms with Crippen molar-refractivity contribution >= 4 is 11.9 Å². The molecule has 0 bridgehead atoms. The Bertz CT molecular complexity index is 482. The number of hydrogen-bond acceptors (Lipinski definition) is 4. The molecule has 1 aromatic carbocycles. The number of aliphatic carboxylic acids is 1. The molecule has 1 amide bonds. The molecule has 6 heteroatoms. The van der Waals surface area contributed by atoms with E-state index in [9.17, 15) is 9.59 Å². The highest BCUT2D eigenvalue weighted by Gasteiger charge is 2.09. The lowest BCUT2D eigenvalue weighted by Gasteiger charge is -2.15. The smallest absolute Gasteiger partial charge is 0.317 e. The van der Waals surface area contributed by atoms with Crippen molar-refractivity contribution in [2.24, 2.45) is 0 Å². The van der Waals surface area contributed by atoms with Crippen molar-refractivity contribution in [3.05, 3.63) is 29.3 Å². The number of hydrogen-bond donors (Lipinski definition) is 2. The van der Waals surface area contributed by atoms with Gasteiger partial charge in [0.25, 0.3) is 0 Å². The van der Waals surface area contributed by atoms with Gasteiger partial charge in [0.1, 0.15) is 12.4 Å². The average molecular weight is 294 g/mol. The number of benzene rings is 1. The monoisotopic (exact) mass is 294 g/mol. The molecule has 0 saturated heterocycles. The van der Waals surface area contributed by atoms with Crippen LogP contribution in [0.25, 0.3) is 0 Å². The van der Waals surface area contributed by atoms with Gasteiger partial charge in [0.05, 0.1) is 19.6 Å². The molecule has 2 N–H and O–H groups in total. The van der Waals surface area contributed by atoms with Crippen molar-refractivity contribution in [2.45, 2.75) is 13.8 Å². The fourth-order valence-corrected chi connectivity index (χ4v) is 1.96. The Hall–Kier alpha value is -2.08. The van der Waals surface area contributed by atoms with Crippen molar-refractivity contribution in [1.82, 2.24) is 10.2 Å². The summed E-state index contributed by atoms with van der Waals surface area (Å²) in [7, 11) is 1.58. The van der Waals surface area contributed by atoms with E-state index in [1.807, 2.05) is 32.0 Å². The number of para-hydroxylation sites is 1. The molecule has 0 unspecified atom stereocenters. The summed E-state index contributed by atoms with van der Waals surface area (Å²) < 4.78 is 5.67. The maximum Gasteiger partial charge on any atom is 0.317 e. The summed E-state index contributed by atoms with van der Waals surface area (Å²) in [5, 5.41) is 11.3. The molecule has 0 aliphatic carbocycles. The van der Waals surface area contributed by atoms with Gasteiger partial charge in [-0.15, -0.1) is 0 Å². The van der Waals surface area contributed by atoms with Gasteiger partial charge in [-0.3, -0.25) is 14.5 Å². The standard InChI is InChI=1S/C15H22N2O4/c1-11-5-4-6-12(2)15(11)21-8-7-16-13(18)9-17(3)10-14(19)20/h4-6H,7-10H2,1-3H3,(H,16,18)(H,19,20). The van der Waals surface area contributed by atoms with E-state index >= 15 is 0 Å². The normalized spacial score (nSPS) is 10.5. The molecule has 0 aliphatic rings. The summed E-state index contributed by atoms with van der Waals surface area (Å²) in [6.45, 7) is 4.60. The molecule has 0 radical (unpaired) electrons. The van der Waals surface area contributed by atoms with Gasteiger partial charge < -0.3 is 15.2 Å². The van der Waals surface area contributed by atoms with Crippen LogP contribution < -0.4 is 10.1 Å². The summed E-state index contributed by atoms with van der Waals surface area (Å²) >= 11 is 0. The summed E-state index contributed by atoms with van der Waals surface area (Å²) in [6.07, 6.45) is 0. The Labute approximate surface area is 124 Å². The van der Waals surface area contributed by atoms with Crippen LogP contribution in [0.15, 0.2) is 18.2 Å². The van der Waals surface area contributed by atoms with Crippen LogP contribution in [-0.2, 0) is 9.59 Å². The fourth-order valence-electron chi connectivity index (χ4n) is 1.96. The molecule has 0 atom stereocenters. The summed E-state index contributed by atoms with van der Waals surface area (Å²) in [5.74, 6) is -0.331. The van der Waals surface area contributed by atoms with Crippen LogP contribution in [0.2, 0.25) is 0 Å². The van der Waals surface area contributed by atoms with E-state index < -0.39 is 5.97 Å². The first kappa shape index (κ1) is 17.0. The van der Waals surface area contributed by atoms with Gasteiger partial charge in [0, 0.05) is 0 Å². The van der Waals surface area contributed by atoms with Gasteiger partial charge in [0.15, 0.2) is 0 Å². The predicted octanol–water partition coefficient (Wildman–Crippen LogP) is 0.815. The van der Waals surface area contributed by atoms with Crippen molar-refractivity contribution in [2.75, 3.05) is 33.3 Å². The minimum Gasteiger partial charge on any atom is -0.491 e. The molecule has 0 aliphatic heterocycles. The Balaban J connectivity index is 2.28. The number of likely N-dealkylation sites (N-methyl/N-ethyl adjacent to an activating group) is 1. The second-order valence-corrected chi connectivity index (χ2v) is 4.99. The van der Waals surface area contributed by atoms with Crippen molar-refractivity contribution in [1.29, 1.82) is 0 Å². The maximum atomic E-state index is 11.6. The van der Waals surface area contributed by atoms with E-state index in [1.54, 1.807) is 7.05 Å². The van der Waals surface area contributed by atoms with Crippen LogP contribution in [-0.4, -0.2) is 55.2 Å². The number of carboxylic acids is 1. The molecule has 0 fully saturated rings. The molecule has 0 heterocycles. The number of carbonyl (C=O) groups excluding carboxylic acids is 1. The quantitative estimate of drug-likeness (QED) is 0.694. The van der Waals surface area contributed by atoms with Crippen LogP contribution in [0, 0.1) is 13.8 Å². The van der Waals surface area contributed by atoms with E-state index in [4.69, 9.17) is 9.84 Å². The third-order valence-electron chi connectivity index (χ3n) is 2.90. The highest BCUT2D eigenvalue weighted by molar-refractivity contribution is 5.78. The van der Waals surface area contributed by atoms with Crippen molar-refractivity contribution in [3.8, 4) is 5.75 Å². The third-order valence-corrected chi connectivity index (χ3v) is 2.90. The number of nitrogens with one attached hydrogen (secondary N) is 1. The van der Waals surface area contributed by atoms with Gasteiger partial charge in [-0.25, -0.2) is 0 Å². The van der Waals surface area contributed by atoms with Gasteiger partial charge in [-0.05, 0) is 32.0 Å². The van der Waals surface area contributed by atoms with Crippen LogP contribution >= 0.6 is 0 Å². The first-order valence-corrected chi connectivity index (χ1v) is 6.76. The van der Waals surface area contributed by atoms with E-state index in [-0.39, 0.29) is 19.0 Å². The highest BCUT2D eigenvalue weighted by Crippen LogP contribution is 2.21. The zero-order valence-electron chi connectivity index (χ0n) is 12.7. The van der Waals surface area contributed by atoms with E-state index in [1.165, 1.54) is 4.90 Å². The van der Waals surface area contributed by atoms with E-state index in [2.05, 4.69) is 5.32 Å². The third kappa shape index (κ3) is 6.27. The fraction of sp³-hybridized carbons (Fsp3) is 0.467. The molecule has 0 aromatic heterocycles. The Morgan fingerprint density at radius 1 is 1.24 bits per heavy atom. The number of carboxylic acid groups (broad SMARTS) is 1. The Kier molecular flexibility index (Phi) is 6.68. The molecule has 116 valence electrons. The van der Waals surface area contributed by atoms with Gasteiger partial charge in [0.2, 0.25) is 5.91 Å². The number of aryl methyl sites for hydroxylation is 2. The topological polar surface area (TPSA) is 78.9 Å². The SMILES string of the molecule is Cc1cccc(C)c1OCCNC(=O)CN(C)CC(=O)O. The zero-order valence-corrected chi connectivity index (χ0v) is 12.7. The number of nitrogens with zero attached hydrogens (tertiary/aromatic N) is 1. The van der Waals surface area contributed by atoms with E-state index in [0.29, 0.717) is 13.2 Å². The minimum atomic E-state index is -0.955. The number of rotatable bonds is 8. The summed E-state index contributed by atoms with van der Waals surface area (Å²) in [4.78, 5) is 23.5. The van der Waals surface area contributed by atoms with E-state index in [0.717, 1.165) is 16.9 Å². The Morgan fingerprint density at radius 3 is 2.43 bits per heavy atom. The summed E-state index contributed by atoms with van der Waals surface area (Å²) in [5.41, 5.74) is 2.12. The molecule has 0 spiro atoms. The van der Waals surface area contributed by atoms with Crippen molar-refractivity contribution in [3.63, 3.8) is 0 Å². The highest BCUT2D eigenvalue weighted by atomic mass is 16.5. The molecule has 21 heavy (non-hydrogen) atoms. The first-order valence-electron chi connectivity index (χ1n) is 6.76. The lowest BCUT2D eigenvalue weighted by molar-refractivity contribution is -0.138. The van der Waals surface area contributed by atoms with Crippen molar-refractivity contribution < 1.29 is 19.4 Å². The molecule has 1 rings (SSSR count). The van der Waals surface area contributed by atoms with Crippen LogP contribution in [0.1, 0.15) is 11.1 Å². The molecular weight excluding hydrogens is 272 g/mol. The zero-order chi connectivity index (χ0) is 15.8. The molecule has 6 nitrogen and oxygen atoms in total.